The minimum atomic E-state index is -0.177. The highest BCUT2D eigenvalue weighted by molar-refractivity contribution is 6.07. The standard InChI is InChI=1S/C56H44O/c1-33-29-47-51(41-23-15-13-21-39(33)41)43-27-25-37(31-45(43)55(47,3)4)53-49(35-17-9-7-10-18-35)50(36-19-11-8-12-20-36)54(57-53)38-26-28-44-46(32-38)56(5,6)48-30-34(2)40-22-14-16-24-42(40)52(44)48/h7-32H,1-6H3. The lowest BCUT2D eigenvalue weighted by molar-refractivity contribution is 0.597. The van der Waals surface area contributed by atoms with Crippen molar-refractivity contribution in [2.45, 2.75) is 52.4 Å². The normalized spacial score (nSPS) is 14.4. The topological polar surface area (TPSA) is 13.1 Å². The fourth-order valence-corrected chi connectivity index (χ4v) is 10.4. The van der Waals surface area contributed by atoms with Gasteiger partial charge in [-0.05, 0) is 114 Å². The van der Waals surface area contributed by atoms with E-state index in [1.165, 1.54) is 77.2 Å². The number of hydrogen-bond donors (Lipinski definition) is 0. The van der Waals surface area contributed by atoms with Gasteiger partial charge in [0.05, 0.1) is 0 Å². The number of hydrogen-bond acceptors (Lipinski definition) is 1. The van der Waals surface area contributed by atoms with Gasteiger partial charge in [0, 0.05) is 33.1 Å². The van der Waals surface area contributed by atoms with Gasteiger partial charge in [-0.25, -0.2) is 0 Å². The van der Waals surface area contributed by atoms with Crippen molar-refractivity contribution < 1.29 is 4.42 Å². The van der Waals surface area contributed by atoms with E-state index in [4.69, 9.17) is 4.42 Å². The van der Waals surface area contributed by atoms with Crippen molar-refractivity contribution >= 4 is 21.5 Å². The second kappa shape index (κ2) is 12.0. The number of rotatable bonds is 4. The molecule has 1 heterocycles. The lowest BCUT2D eigenvalue weighted by Crippen LogP contribution is -2.15. The first kappa shape index (κ1) is 33.9. The van der Waals surface area contributed by atoms with Gasteiger partial charge < -0.3 is 4.42 Å². The predicted octanol–water partition coefficient (Wildman–Crippen LogP) is 15.5. The molecule has 57 heavy (non-hydrogen) atoms. The van der Waals surface area contributed by atoms with Crippen molar-refractivity contribution in [3.63, 3.8) is 0 Å². The minimum Gasteiger partial charge on any atom is -0.455 e. The molecule has 0 N–H and O–H groups in total. The van der Waals surface area contributed by atoms with Crippen molar-refractivity contribution in [3.8, 4) is 67.2 Å². The van der Waals surface area contributed by atoms with Gasteiger partial charge in [-0.3, -0.25) is 0 Å². The third-order valence-electron chi connectivity index (χ3n) is 13.3. The van der Waals surface area contributed by atoms with E-state index < -0.39 is 0 Å². The van der Waals surface area contributed by atoms with E-state index in [1.807, 2.05) is 0 Å². The average molecular weight is 733 g/mol. The van der Waals surface area contributed by atoms with Crippen LogP contribution in [0, 0.1) is 13.8 Å². The monoisotopic (exact) mass is 732 g/mol. The summed E-state index contributed by atoms with van der Waals surface area (Å²) in [6.45, 7) is 14.0. The summed E-state index contributed by atoms with van der Waals surface area (Å²) in [6.07, 6.45) is 0. The van der Waals surface area contributed by atoms with Crippen LogP contribution in [0.15, 0.2) is 162 Å². The van der Waals surface area contributed by atoms with Gasteiger partial charge in [0.1, 0.15) is 11.5 Å². The SMILES string of the molecule is Cc1cc2c(c3ccccc13)-c1ccc(-c3oc(-c4ccc5c(c4)C(C)(C)c4cc(C)c6ccccc6c4-5)c(-c4ccccc4)c3-c3ccccc3)cc1C2(C)C. The van der Waals surface area contributed by atoms with E-state index in [0.29, 0.717) is 0 Å². The third kappa shape index (κ3) is 4.75. The largest absolute Gasteiger partial charge is 0.455 e. The maximum absolute atomic E-state index is 7.42. The molecule has 274 valence electrons. The first-order chi connectivity index (χ1) is 27.6. The number of benzene rings is 8. The summed E-state index contributed by atoms with van der Waals surface area (Å²) in [7, 11) is 0. The predicted molar refractivity (Wildman–Crippen MR) is 240 cm³/mol. The molecule has 8 aromatic carbocycles. The zero-order valence-corrected chi connectivity index (χ0v) is 33.4. The van der Waals surface area contributed by atoms with Crippen LogP contribution in [0.4, 0.5) is 0 Å². The van der Waals surface area contributed by atoms with Gasteiger partial charge in [0.2, 0.25) is 0 Å². The zero-order chi connectivity index (χ0) is 38.8. The summed E-state index contributed by atoms with van der Waals surface area (Å²) in [5.41, 5.74) is 19.8. The summed E-state index contributed by atoms with van der Waals surface area (Å²) in [5.74, 6) is 1.80. The van der Waals surface area contributed by atoms with Crippen molar-refractivity contribution in [2.75, 3.05) is 0 Å². The first-order valence-corrected chi connectivity index (χ1v) is 20.3. The molecule has 0 saturated heterocycles. The highest BCUT2D eigenvalue weighted by Gasteiger charge is 2.39. The molecular formula is C56H44O. The van der Waals surface area contributed by atoms with E-state index in [9.17, 15) is 0 Å². The quantitative estimate of drug-likeness (QED) is 0.176. The molecule has 0 atom stereocenters. The fraction of sp³-hybridized carbons (Fsp3) is 0.143. The van der Waals surface area contributed by atoms with Gasteiger partial charge in [-0.2, -0.15) is 0 Å². The molecule has 1 heteroatoms. The second-order valence-electron chi connectivity index (χ2n) is 17.3. The Bertz CT molecular complexity index is 2910. The molecule has 0 radical (unpaired) electrons. The van der Waals surface area contributed by atoms with E-state index in [2.05, 4.69) is 199 Å². The number of fused-ring (bicyclic) bond motifs is 10. The van der Waals surface area contributed by atoms with E-state index in [-0.39, 0.29) is 10.8 Å². The zero-order valence-electron chi connectivity index (χ0n) is 33.4. The molecule has 1 aromatic heterocycles. The van der Waals surface area contributed by atoms with Crippen LogP contribution in [0.3, 0.4) is 0 Å². The van der Waals surface area contributed by atoms with Gasteiger partial charge in [-0.15, -0.1) is 0 Å². The Hall–Kier alpha value is -6.44. The number of furan rings is 1. The second-order valence-corrected chi connectivity index (χ2v) is 17.3. The van der Waals surface area contributed by atoms with Crippen LogP contribution in [0.2, 0.25) is 0 Å². The summed E-state index contributed by atoms with van der Waals surface area (Å²) < 4.78 is 7.42. The van der Waals surface area contributed by atoms with Gasteiger partial charge in [0.25, 0.3) is 0 Å². The molecule has 2 aliphatic carbocycles. The molecule has 0 fully saturated rings. The summed E-state index contributed by atoms with van der Waals surface area (Å²) in [6, 6.07) is 58.3. The van der Waals surface area contributed by atoms with E-state index in [1.54, 1.807) is 0 Å². The molecule has 0 saturated carbocycles. The molecule has 0 aliphatic heterocycles. The number of aryl methyl sites for hydroxylation is 2. The molecule has 2 aliphatic rings. The molecule has 0 bridgehead atoms. The molecule has 1 nitrogen and oxygen atoms in total. The molecule has 0 spiro atoms. The Kier molecular flexibility index (Phi) is 7.15. The van der Waals surface area contributed by atoms with Crippen LogP contribution in [0.25, 0.3) is 88.7 Å². The van der Waals surface area contributed by atoms with Gasteiger partial charge in [-0.1, -0.05) is 173 Å². The van der Waals surface area contributed by atoms with E-state index >= 15 is 0 Å². The highest BCUT2D eigenvalue weighted by atomic mass is 16.3. The van der Waals surface area contributed by atoms with Crippen LogP contribution in [0.5, 0.6) is 0 Å². The van der Waals surface area contributed by atoms with Crippen molar-refractivity contribution in [3.05, 3.63) is 191 Å². The molecular weight excluding hydrogens is 689 g/mol. The van der Waals surface area contributed by atoms with Crippen LogP contribution in [0.1, 0.15) is 61.1 Å². The maximum atomic E-state index is 7.42. The summed E-state index contributed by atoms with van der Waals surface area (Å²) in [5, 5.41) is 5.30. The van der Waals surface area contributed by atoms with Crippen LogP contribution in [-0.4, -0.2) is 0 Å². The molecule has 11 rings (SSSR count). The Morgan fingerprint density at radius 1 is 0.333 bits per heavy atom. The van der Waals surface area contributed by atoms with Crippen molar-refractivity contribution in [2.24, 2.45) is 0 Å². The van der Waals surface area contributed by atoms with Crippen LogP contribution < -0.4 is 0 Å². The lowest BCUT2D eigenvalue weighted by atomic mass is 9.80. The fourth-order valence-electron chi connectivity index (χ4n) is 10.4. The van der Waals surface area contributed by atoms with Crippen molar-refractivity contribution in [1.82, 2.24) is 0 Å². The molecule has 0 unspecified atom stereocenters. The maximum Gasteiger partial charge on any atom is 0.143 e. The van der Waals surface area contributed by atoms with Crippen LogP contribution in [-0.2, 0) is 10.8 Å². The lowest BCUT2D eigenvalue weighted by Gasteiger charge is -2.23. The Labute approximate surface area is 335 Å². The smallest absolute Gasteiger partial charge is 0.143 e. The van der Waals surface area contributed by atoms with E-state index in [0.717, 1.165) is 44.9 Å². The Balaban J connectivity index is 1.16. The highest BCUT2D eigenvalue weighted by Crippen LogP contribution is 2.57. The van der Waals surface area contributed by atoms with Crippen molar-refractivity contribution in [1.29, 1.82) is 0 Å². The third-order valence-corrected chi connectivity index (χ3v) is 13.3. The molecule has 0 amide bonds. The van der Waals surface area contributed by atoms with Crippen LogP contribution >= 0.6 is 0 Å². The Morgan fingerprint density at radius 3 is 1.11 bits per heavy atom. The van der Waals surface area contributed by atoms with Gasteiger partial charge in [0.15, 0.2) is 0 Å². The molecule has 9 aromatic rings. The minimum absolute atomic E-state index is 0.177. The Morgan fingerprint density at radius 2 is 0.702 bits per heavy atom. The first-order valence-electron chi connectivity index (χ1n) is 20.3. The summed E-state index contributed by atoms with van der Waals surface area (Å²) >= 11 is 0. The van der Waals surface area contributed by atoms with Gasteiger partial charge >= 0.3 is 0 Å². The average Bonchev–Trinajstić information content (AvgIpc) is 3.82. The summed E-state index contributed by atoms with van der Waals surface area (Å²) in [4.78, 5) is 0.